The van der Waals surface area contributed by atoms with Crippen molar-refractivity contribution in [1.82, 2.24) is 9.55 Å². The van der Waals surface area contributed by atoms with Crippen molar-refractivity contribution in [3.05, 3.63) is 136 Å². The van der Waals surface area contributed by atoms with Crippen molar-refractivity contribution in [2.24, 2.45) is 0 Å². The molecule has 0 fully saturated rings. The van der Waals surface area contributed by atoms with E-state index in [1.165, 1.54) is 0 Å². The number of fused-ring (bicyclic) bond motifs is 1. The first-order chi connectivity index (χ1) is 17.1. The summed E-state index contributed by atoms with van der Waals surface area (Å²) in [7, 11) is 1.89. The summed E-state index contributed by atoms with van der Waals surface area (Å²) in [6.07, 6.45) is 0.842. The Morgan fingerprint density at radius 2 is 1.43 bits per heavy atom. The molecule has 0 spiro atoms. The Bertz CT molecular complexity index is 1520. The van der Waals surface area contributed by atoms with Crippen LogP contribution in [0.4, 0.5) is 11.4 Å². The second-order valence-corrected chi connectivity index (χ2v) is 8.50. The Hall–Kier alpha value is -4.51. The van der Waals surface area contributed by atoms with Gasteiger partial charge in [-0.2, -0.15) is 0 Å². The maximum atomic E-state index is 14.0. The van der Waals surface area contributed by atoms with Crippen LogP contribution < -0.4 is 10.5 Å². The van der Waals surface area contributed by atoms with E-state index in [-0.39, 0.29) is 11.6 Å². The zero-order valence-corrected chi connectivity index (χ0v) is 19.6. The molecule has 0 amide bonds. The Balaban J connectivity index is 1.71. The minimum Gasteiger partial charge on any atom is -0.344 e. The van der Waals surface area contributed by atoms with Crippen LogP contribution in [0.5, 0.6) is 0 Å². The number of para-hydroxylation sites is 1. The van der Waals surface area contributed by atoms with Crippen molar-refractivity contribution in [1.29, 1.82) is 0 Å². The molecular weight excluding hydrogens is 434 g/mol. The second-order valence-electron chi connectivity index (χ2n) is 8.50. The lowest BCUT2D eigenvalue weighted by molar-refractivity contribution is 0.112. The first-order valence-corrected chi connectivity index (χ1v) is 11.5. The van der Waals surface area contributed by atoms with Gasteiger partial charge in [0.2, 0.25) is 0 Å². The first-order valence-electron chi connectivity index (χ1n) is 11.5. The summed E-state index contributed by atoms with van der Waals surface area (Å²) >= 11 is 0. The van der Waals surface area contributed by atoms with Crippen LogP contribution in [0.25, 0.3) is 10.9 Å². The fraction of sp³-hybridized carbons (Fsp3) is 0.100. The third-order valence-electron chi connectivity index (χ3n) is 6.36. The molecule has 0 bridgehead atoms. The molecule has 5 rings (SSSR count). The summed E-state index contributed by atoms with van der Waals surface area (Å²) in [5.41, 5.74) is 4.72. The van der Waals surface area contributed by atoms with Gasteiger partial charge in [-0.15, -0.1) is 0 Å². The van der Waals surface area contributed by atoms with E-state index in [0.717, 1.165) is 28.8 Å². The number of carbonyl (C=O) groups is 1. The summed E-state index contributed by atoms with van der Waals surface area (Å²) in [5, 5.41) is 0.528. The SMILES string of the molecule is Cc1nc2ccc(N(C)c3ccccc3C=O)cc2c(=O)n1C(c1ccccc1)c1ccccc1. The van der Waals surface area contributed by atoms with Gasteiger partial charge < -0.3 is 4.90 Å². The molecule has 1 heterocycles. The average Bonchev–Trinajstić information content (AvgIpc) is 2.91. The summed E-state index contributed by atoms with van der Waals surface area (Å²) in [6, 6.07) is 32.8. The van der Waals surface area contributed by atoms with Gasteiger partial charge >= 0.3 is 0 Å². The fourth-order valence-corrected chi connectivity index (χ4v) is 4.60. The largest absolute Gasteiger partial charge is 0.344 e. The van der Waals surface area contributed by atoms with Crippen LogP contribution >= 0.6 is 0 Å². The van der Waals surface area contributed by atoms with Crippen molar-refractivity contribution in [2.45, 2.75) is 13.0 Å². The van der Waals surface area contributed by atoms with Crippen molar-refractivity contribution in [3.63, 3.8) is 0 Å². The monoisotopic (exact) mass is 459 g/mol. The number of anilines is 2. The van der Waals surface area contributed by atoms with Crippen LogP contribution in [-0.2, 0) is 0 Å². The topological polar surface area (TPSA) is 55.2 Å². The summed E-state index contributed by atoms with van der Waals surface area (Å²) in [4.78, 5) is 32.3. The molecule has 0 saturated heterocycles. The Morgan fingerprint density at radius 3 is 2.06 bits per heavy atom. The van der Waals surface area contributed by atoms with E-state index < -0.39 is 0 Å². The Kier molecular flexibility index (Phi) is 5.98. The molecule has 5 nitrogen and oxygen atoms in total. The summed E-state index contributed by atoms with van der Waals surface area (Å²) in [6.45, 7) is 1.88. The number of hydrogen-bond donors (Lipinski definition) is 0. The normalized spacial score (nSPS) is 11.1. The molecule has 5 aromatic rings. The minimum absolute atomic E-state index is 0.107. The highest BCUT2D eigenvalue weighted by Gasteiger charge is 2.22. The molecule has 0 saturated carbocycles. The van der Waals surface area contributed by atoms with E-state index in [9.17, 15) is 9.59 Å². The number of hydrogen-bond acceptors (Lipinski definition) is 4. The number of benzene rings is 4. The standard InChI is InChI=1S/C30H25N3O2/c1-21-31-27-18-17-25(32(2)28-16-10-9-15-24(28)20-34)19-26(27)30(35)33(21)29(22-11-5-3-6-12-22)23-13-7-4-8-14-23/h3-20,29H,1-2H3. The highest BCUT2D eigenvalue weighted by atomic mass is 16.1. The van der Waals surface area contributed by atoms with Gasteiger partial charge in [0.05, 0.1) is 22.6 Å². The van der Waals surface area contributed by atoms with Gasteiger partial charge in [-0.3, -0.25) is 14.2 Å². The van der Waals surface area contributed by atoms with E-state index in [4.69, 9.17) is 4.98 Å². The highest BCUT2D eigenvalue weighted by molar-refractivity contribution is 5.89. The minimum atomic E-state index is -0.307. The van der Waals surface area contributed by atoms with Gasteiger partial charge in [-0.1, -0.05) is 72.8 Å². The first kappa shape index (κ1) is 22.3. The van der Waals surface area contributed by atoms with Crippen LogP contribution in [-0.4, -0.2) is 22.9 Å². The van der Waals surface area contributed by atoms with Crippen molar-refractivity contribution in [3.8, 4) is 0 Å². The quantitative estimate of drug-likeness (QED) is 0.296. The average molecular weight is 460 g/mol. The molecule has 1 aromatic heterocycles. The third kappa shape index (κ3) is 4.13. The van der Waals surface area contributed by atoms with Gasteiger partial charge in [0.1, 0.15) is 5.82 Å². The van der Waals surface area contributed by atoms with Crippen LogP contribution in [0.1, 0.15) is 33.4 Å². The number of carbonyl (C=O) groups excluding carboxylic acids is 1. The van der Waals surface area contributed by atoms with Crippen LogP contribution in [0, 0.1) is 6.92 Å². The molecule has 0 aliphatic carbocycles. The zero-order valence-electron chi connectivity index (χ0n) is 19.6. The van der Waals surface area contributed by atoms with Crippen LogP contribution in [0.2, 0.25) is 0 Å². The van der Waals surface area contributed by atoms with Crippen molar-refractivity contribution < 1.29 is 4.79 Å². The predicted molar refractivity (Wildman–Crippen MR) is 141 cm³/mol. The van der Waals surface area contributed by atoms with E-state index in [1.54, 1.807) is 10.6 Å². The van der Waals surface area contributed by atoms with Gasteiger partial charge in [-0.25, -0.2) is 4.98 Å². The fourth-order valence-electron chi connectivity index (χ4n) is 4.60. The molecule has 172 valence electrons. The maximum absolute atomic E-state index is 14.0. The van der Waals surface area contributed by atoms with Gasteiger partial charge in [0, 0.05) is 18.3 Å². The number of aryl methyl sites for hydroxylation is 1. The van der Waals surface area contributed by atoms with E-state index in [1.807, 2.05) is 116 Å². The number of rotatable bonds is 6. The second kappa shape index (κ2) is 9.39. The number of nitrogens with zero attached hydrogens (tertiary/aromatic N) is 3. The number of aromatic nitrogens is 2. The third-order valence-corrected chi connectivity index (χ3v) is 6.36. The smallest absolute Gasteiger partial charge is 0.262 e. The van der Waals surface area contributed by atoms with Crippen molar-refractivity contribution >= 4 is 28.6 Å². The van der Waals surface area contributed by atoms with Crippen molar-refractivity contribution in [2.75, 3.05) is 11.9 Å². The molecule has 0 aliphatic heterocycles. The molecule has 0 radical (unpaired) electrons. The summed E-state index contributed by atoms with van der Waals surface area (Å²) in [5.74, 6) is 0.646. The highest BCUT2D eigenvalue weighted by Crippen LogP contribution is 2.30. The Morgan fingerprint density at radius 1 is 0.829 bits per heavy atom. The summed E-state index contributed by atoms with van der Waals surface area (Å²) < 4.78 is 1.77. The predicted octanol–water partition coefficient (Wildman–Crippen LogP) is 5.92. The van der Waals surface area contributed by atoms with E-state index >= 15 is 0 Å². The molecule has 35 heavy (non-hydrogen) atoms. The lowest BCUT2D eigenvalue weighted by atomic mass is 9.98. The Labute approximate surface area is 203 Å². The van der Waals surface area contributed by atoms with Gasteiger partial charge in [-0.05, 0) is 48.4 Å². The lowest BCUT2D eigenvalue weighted by Gasteiger charge is -2.24. The molecule has 0 N–H and O–H groups in total. The van der Waals surface area contributed by atoms with Crippen LogP contribution in [0.15, 0.2) is 108 Å². The molecule has 5 heteroatoms. The molecule has 0 atom stereocenters. The lowest BCUT2D eigenvalue weighted by Crippen LogP contribution is -2.29. The maximum Gasteiger partial charge on any atom is 0.262 e. The number of aldehydes is 1. The van der Waals surface area contributed by atoms with Gasteiger partial charge in [0.15, 0.2) is 6.29 Å². The van der Waals surface area contributed by atoms with Gasteiger partial charge in [0.25, 0.3) is 5.56 Å². The van der Waals surface area contributed by atoms with E-state index in [2.05, 4.69) is 0 Å². The molecule has 0 unspecified atom stereocenters. The molecule has 0 aliphatic rings. The molecule has 4 aromatic carbocycles. The van der Waals surface area contributed by atoms with Crippen LogP contribution in [0.3, 0.4) is 0 Å². The molecular formula is C30H25N3O2. The zero-order chi connectivity index (χ0) is 24.4. The van der Waals surface area contributed by atoms with E-state index in [0.29, 0.717) is 22.3 Å².